The number of benzene rings is 1. The maximum atomic E-state index is 12.0. The van der Waals surface area contributed by atoms with Crippen molar-refractivity contribution < 1.29 is 9.59 Å². The highest BCUT2D eigenvalue weighted by Gasteiger charge is 2.16. The third kappa shape index (κ3) is 5.15. The van der Waals surface area contributed by atoms with Gasteiger partial charge in [-0.1, -0.05) is 12.1 Å². The van der Waals surface area contributed by atoms with Crippen LogP contribution in [0.2, 0.25) is 0 Å². The van der Waals surface area contributed by atoms with Crippen molar-refractivity contribution in [2.45, 2.75) is 39.2 Å². The van der Waals surface area contributed by atoms with Gasteiger partial charge in [0.1, 0.15) is 0 Å². The first kappa shape index (κ1) is 16.5. The van der Waals surface area contributed by atoms with Gasteiger partial charge in [0.25, 0.3) is 0 Å². The second-order valence-corrected chi connectivity index (χ2v) is 5.99. The summed E-state index contributed by atoms with van der Waals surface area (Å²) in [5.74, 6) is 0.618. The van der Waals surface area contributed by atoms with Crippen LogP contribution < -0.4 is 16.0 Å². The Hall–Kier alpha value is -1.88. The summed E-state index contributed by atoms with van der Waals surface area (Å²) in [6, 6.07) is 7.51. The van der Waals surface area contributed by atoms with Gasteiger partial charge in [-0.05, 0) is 56.5 Å². The van der Waals surface area contributed by atoms with E-state index < -0.39 is 0 Å². The Labute approximate surface area is 131 Å². The van der Waals surface area contributed by atoms with E-state index in [1.165, 1.54) is 13.3 Å². The predicted molar refractivity (Wildman–Crippen MR) is 87.5 cm³/mol. The normalized spacial score (nSPS) is 18.7. The minimum Gasteiger partial charge on any atom is -0.350 e. The van der Waals surface area contributed by atoms with Crippen LogP contribution in [-0.4, -0.2) is 24.9 Å². The second-order valence-electron chi connectivity index (χ2n) is 5.99. The van der Waals surface area contributed by atoms with E-state index in [9.17, 15) is 9.59 Å². The molecule has 0 bridgehead atoms. The second kappa shape index (κ2) is 7.94. The molecule has 0 spiro atoms. The van der Waals surface area contributed by atoms with Crippen LogP contribution in [0.3, 0.4) is 0 Å². The van der Waals surface area contributed by atoms with E-state index in [0.717, 1.165) is 30.8 Å². The van der Waals surface area contributed by atoms with Crippen LogP contribution in [0, 0.1) is 5.92 Å². The average molecular weight is 303 g/mol. The van der Waals surface area contributed by atoms with Crippen LogP contribution in [0.25, 0.3) is 0 Å². The quantitative estimate of drug-likeness (QED) is 0.754. The third-order valence-electron chi connectivity index (χ3n) is 4.03. The van der Waals surface area contributed by atoms with Gasteiger partial charge in [0.05, 0.1) is 6.04 Å². The smallest absolute Gasteiger partial charge is 0.221 e. The topological polar surface area (TPSA) is 70.2 Å². The van der Waals surface area contributed by atoms with Gasteiger partial charge in [0, 0.05) is 19.0 Å². The van der Waals surface area contributed by atoms with E-state index in [4.69, 9.17) is 0 Å². The minimum absolute atomic E-state index is 0.0667. The minimum atomic E-state index is -0.0981. The number of carbonyl (C=O) groups excluding carboxylic acids is 2. The molecule has 1 heterocycles. The van der Waals surface area contributed by atoms with E-state index in [2.05, 4.69) is 16.0 Å². The molecule has 5 nitrogen and oxygen atoms in total. The lowest BCUT2D eigenvalue weighted by atomic mass is 10.0. The van der Waals surface area contributed by atoms with Crippen molar-refractivity contribution in [2.24, 2.45) is 5.92 Å². The van der Waals surface area contributed by atoms with E-state index in [0.29, 0.717) is 12.3 Å². The molecule has 2 unspecified atom stereocenters. The average Bonchev–Trinajstić information content (AvgIpc) is 2.98. The number of hydrogen-bond donors (Lipinski definition) is 3. The molecule has 2 rings (SSSR count). The Balaban J connectivity index is 1.83. The molecule has 0 aliphatic carbocycles. The van der Waals surface area contributed by atoms with E-state index in [1.807, 2.05) is 31.2 Å². The molecule has 3 N–H and O–H groups in total. The molecular weight excluding hydrogens is 278 g/mol. The van der Waals surface area contributed by atoms with Gasteiger partial charge in [0.15, 0.2) is 0 Å². The van der Waals surface area contributed by atoms with Gasteiger partial charge in [-0.25, -0.2) is 0 Å². The lowest BCUT2D eigenvalue weighted by Crippen LogP contribution is -2.27. The molecule has 0 aromatic heterocycles. The molecule has 2 atom stereocenters. The van der Waals surface area contributed by atoms with Crippen molar-refractivity contribution in [3.63, 3.8) is 0 Å². The van der Waals surface area contributed by atoms with Gasteiger partial charge in [0.2, 0.25) is 11.8 Å². The zero-order valence-corrected chi connectivity index (χ0v) is 13.3. The molecule has 2 amide bonds. The zero-order valence-electron chi connectivity index (χ0n) is 13.3. The summed E-state index contributed by atoms with van der Waals surface area (Å²) < 4.78 is 0. The van der Waals surface area contributed by atoms with Gasteiger partial charge in [-0.15, -0.1) is 0 Å². The van der Waals surface area contributed by atoms with E-state index >= 15 is 0 Å². The fourth-order valence-electron chi connectivity index (χ4n) is 2.78. The summed E-state index contributed by atoms with van der Waals surface area (Å²) in [5.41, 5.74) is 1.74. The van der Waals surface area contributed by atoms with Gasteiger partial charge in [-0.2, -0.15) is 0 Å². The lowest BCUT2D eigenvalue weighted by Gasteiger charge is -2.16. The molecule has 1 aliphatic heterocycles. The molecule has 1 fully saturated rings. The van der Waals surface area contributed by atoms with Crippen molar-refractivity contribution >= 4 is 17.5 Å². The number of anilines is 1. The number of hydrogen-bond acceptors (Lipinski definition) is 3. The maximum Gasteiger partial charge on any atom is 0.221 e. The summed E-state index contributed by atoms with van der Waals surface area (Å²) in [6.45, 7) is 5.54. The van der Waals surface area contributed by atoms with Crippen LogP contribution in [0.4, 0.5) is 5.69 Å². The van der Waals surface area contributed by atoms with Gasteiger partial charge >= 0.3 is 0 Å². The standard InChI is InChI=1S/C17H25N3O2/c1-12(15-4-3-5-16(10-15)20-13(2)21)19-17(22)7-6-14-8-9-18-11-14/h3-5,10,12,14,18H,6-9,11H2,1-2H3,(H,19,22)(H,20,21). The van der Waals surface area contributed by atoms with Crippen LogP contribution in [0.15, 0.2) is 24.3 Å². The summed E-state index contributed by atoms with van der Waals surface area (Å²) in [4.78, 5) is 23.1. The SMILES string of the molecule is CC(=O)Nc1cccc(C(C)NC(=O)CCC2CCNC2)c1. The number of nitrogens with one attached hydrogen (secondary N) is 3. The van der Waals surface area contributed by atoms with Crippen LogP contribution in [-0.2, 0) is 9.59 Å². The maximum absolute atomic E-state index is 12.0. The summed E-state index contributed by atoms with van der Waals surface area (Å²) in [5, 5.41) is 9.10. The molecule has 1 saturated heterocycles. The number of carbonyl (C=O) groups is 2. The molecule has 5 heteroatoms. The van der Waals surface area contributed by atoms with Crippen LogP contribution in [0.5, 0.6) is 0 Å². The van der Waals surface area contributed by atoms with Crippen molar-refractivity contribution in [1.29, 1.82) is 0 Å². The van der Waals surface area contributed by atoms with Crippen molar-refractivity contribution in [2.75, 3.05) is 18.4 Å². The Kier molecular flexibility index (Phi) is 5.95. The van der Waals surface area contributed by atoms with Gasteiger partial charge in [-0.3, -0.25) is 9.59 Å². The molecule has 22 heavy (non-hydrogen) atoms. The molecule has 1 aliphatic rings. The fourth-order valence-corrected chi connectivity index (χ4v) is 2.78. The lowest BCUT2D eigenvalue weighted by molar-refractivity contribution is -0.122. The zero-order chi connectivity index (χ0) is 15.9. The van der Waals surface area contributed by atoms with Crippen LogP contribution in [0.1, 0.15) is 44.7 Å². The molecule has 1 aromatic carbocycles. The Bertz CT molecular complexity index is 524. The molecule has 120 valence electrons. The predicted octanol–water partition coefficient (Wildman–Crippen LogP) is 2.21. The number of amides is 2. The molecular formula is C17H25N3O2. The van der Waals surface area contributed by atoms with Gasteiger partial charge < -0.3 is 16.0 Å². The molecule has 1 aromatic rings. The summed E-state index contributed by atoms with van der Waals surface area (Å²) >= 11 is 0. The number of rotatable bonds is 6. The Morgan fingerprint density at radius 2 is 2.23 bits per heavy atom. The van der Waals surface area contributed by atoms with E-state index in [-0.39, 0.29) is 17.9 Å². The fraction of sp³-hybridized carbons (Fsp3) is 0.529. The molecule has 0 saturated carbocycles. The first-order valence-electron chi connectivity index (χ1n) is 7.92. The summed E-state index contributed by atoms with van der Waals surface area (Å²) in [6.07, 6.45) is 2.68. The van der Waals surface area contributed by atoms with Crippen molar-refractivity contribution in [3.8, 4) is 0 Å². The highest BCUT2D eigenvalue weighted by molar-refractivity contribution is 5.88. The highest BCUT2D eigenvalue weighted by Crippen LogP contribution is 2.18. The van der Waals surface area contributed by atoms with Crippen LogP contribution >= 0.6 is 0 Å². The van der Waals surface area contributed by atoms with Crippen molar-refractivity contribution in [3.05, 3.63) is 29.8 Å². The van der Waals surface area contributed by atoms with Crippen molar-refractivity contribution in [1.82, 2.24) is 10.6 Å². The Morgan fingerprint density at radius 3 is 2.91 bits per heavy atom. The third-order valence-corrected chi connectivity index (χ3v) is 4.03. The first-order chi connectivity index (χ1) is 10.5. The summed E-state index contributed by atoms with van der Waals surface area (Å²) in [7, 11) is 0. The largest absolute Gasteiger partial charge is 0.350 e. The molecule has 0 radical (unpaired) electrons. The monoisotopic (exact) mass is 303 g/mol. The van der Waals surface area contributed by atoms with E-state index in [1.54, 1.807) is 0 Å². The Morgan fingerprint density at radius 1 is 1.41 bits per heavy atom. The highest BCUT2D eigenvalue weighted by atomic mass is 16.2. The first-order valence-corrected chi connectivity index (χ1v) is 7.92.